The highest BCUT2D eigenvalue weighted by Crippen LogP contribution is 2.26. The molecule has 1 aliphatic heterocycles. The SMILES string of the molecule is Cc1c(Br)noc1CS(=O)(=O)C1=CC(C)(C)ON1. The van der Waals surface area contributed by atoms with E-state index in [2.05, 4.69) is 26.6 Å². The molecule has 0 radical (unpaired) electrons. The summed E-state index contributed by atoms with van der Waals surface area (Å²) in [7, 11) is -3.52. The highest BCUT2D eigenvalue weighted by molar-refractivity contribution is 9.10. The molecule has 2 heterocycles. The fraction of sp³-hybridized carbons (Fsp3) is 0.500. The molecule has 8 heteroatoms. The van der Waals surface area contributed by atoms with E-state index in [9.17, 15) is 8.42 Å². The van der Waals surface area contributed by atoms with Crippen LogP contribution in [-0.4, -0.2) is 19.2 Å². The molecule has 0 aromatic carbocycles. The number of hydroxylamine groups is 1. The highest BCUT2D eigenvalue weighted by atomic mass is 79.9. The molecule has 1 N–H and O–H groups in total. The number of aromatic nitrogens is 1. The van der Waals surface area contributed by atoms with E-state index in [4.69, 9.17) is 9.36 Å². The molecule has 0 atom stereocenters. The maximum absolute atomic E-state index is 12.1. The van der Waals surface area contributed by atoms with Gasteiger partial charge in [0, 0.05) is 5.56 Å². The van der Waals surface area contributed by atoms with Gasteiger partial charge in [0.2, 0.25) is 9.84 Å². The Hall–Kier alpha value is -0.860. The van der Waals surface area contributed by atoms with Crippen LogP contribution in [0, 0.1) is 6.92 Å². The topological polar surface area (TPSA) is 81.4 Å². The molecule has 0 fully saturated rings. The van der Waals surface area contributed by atoms with Crippen molar-refractivity contribution >= 4 is 25.8 Å². The number of nitrogens with zero attached hydrogens (tertiary/aromatic N) is 1. The maximum atomic E-state index is 12.1. The second-order valence-corrected chi connectivity index (χ2v) is 7.31. The number of hydrogen-bond donors (Lipinski definition) is 1. The third kappa shape index (κ3) is 2.60. The molecule has 2 rings (SSSR count). The fourth-order valence-electron chi connectivity index (χ4n) is 1.44. The van der Waals surface area contributed by atoms with Crippen molar-refractivity contribution in [1.82, 2.24) is 10.6 Å². The third-order valence-electron chi connectivity index (χ3n) is 2.51. The lowest BCUT2D eigenvalue weighted by molar-refractivity contribution is -0.0129. The van der Waals surface area contributed by atoms with Gasteiger partial charge in [-0.15, -0.1) is 0 Å². The van der Waals surface area contributed by atoms with Crippen molar-refractivity contribution in [3.8, 4) is 0 Å². The van der Waals surface area contributed by atoms with Crippen LogP contribution in [0.2, 0.25) is 0 Å². The van der Waals surface area contributed by atoms with Crippen LogP contribution in [0.15, 0.2) is 20.2 Å². The van der Waals surface area contributed by atoms with Gasteiger partial charge in [0.05, 0.1) is 0 Å². The lowest BCUT2D eigenvalue weighted by Gasteiger charge is -2.11. The molecule has 6 nitrogen and oxygen atoms in total. The smallest absolute Gasteiger partial charge is 0.202 e. The average Bonchev–Trinajstić information content (AvgIpc) is 2.76. The molecule has 1 aromatic heterocycles. The summed E-state index contributed by atoms with van der Waals surface area (Å²) in [5.41, 5.74) is 2.47. The van der Waals surface area contributed by atoms with Crippen LogP contribution in [0.5, 0.6) is 0 Å². The molecule has 1 aromatic rings. The van der Waals surface area contributed by atoms with Crippen LogP contribution in [0.3, 0.4) is 0 Å². The van der Waals surface area contributed by atoms with Crippen molar-refractivity contribution in [3.05, 3.63) is 27.0 Å². The minimum Gasteiger partial charge on any atom is -0.359 e. The molecule has 0 unspecified atom stereocenters. The second-order valence-electron chi connectivity index (χ2n) is 4.60. The Bertz CT molecular complexity index is 603. The second kappa shape index (κ2) is 4.36. The Kier molecular flexibility index (Phi) is 3.28. The predicted octanol–water partition coefficient (Wildman–Crippen LogP) is 1.82. The van der Waals surface area contributed by atoms with E-state index >= 15 is 0 Å². The molecule has 100 valence electrons. The van der Waals surface area contributed by atoms with Crippen molar-refractivity contribution in [3.63, 3.8) is 0 Å². The number of rotatable bonds is 3. The normalized spacial score (nSPS) is 18.6. The zero-order valence-electron chi connectivity index (χ0n) is 10.2. The molecular weight excluding hydrogens is 324 g/mol. The summed E-state index contributed by atoms with van der Waals surface area (Å²) in [6.45, 7) is 5.26. The van der Waals surface area contributed by atoms with Crippen molar-refractivity contribution in [2.45, 2.75) is 32.1 Å². The number of halogens is 1. The molecule has 0 spiro atoms. The average molecular weight is 337 g/mol. The molecule has 18 heavy (non-hydrogen) atoms. The van der Waals surface area contributed by atoms with Crippen LogP contribution >= 0.6 is 15.9 Å². The van der Waals surface area contributed by atoms with Gasteiger partial charge in [-0.3, -0.25) is 10.3 Å². The summed E-state index contributed by atoms with van der Waals surface area (Å²) in [6.07, 6.45) is 1.53. The minimum atomic E-state index is -3.52. The lowest BCUT2D eigenvalue weighted by atomic mass is 10.1. The van der Waals surface area contributed by atoms with Crippen LogP contribution in [0.4, 0.5) is 0 Å². The Balaban J connectivity index is 2.26. The first-order valence-corrected chi connectivity index (χ1v) is 7.66. The van der Waals surface area contributed by atoms with E-state index in [1.165, 1.54) is 6.08 Å². The predicted molar refractivity (Wildman–Crippen MR) is 67.9 cm³/mol. The van der Waals surface area contributed by atoms with Gasteiger partial charge < -0.3 is 4.52 Å². The van der Waals surface area contributed by atoms with Gasteiger partial charge in [-0.1, -0.05) is 5.16 Å². The van der Waals surface area contributed by atoms with E-state index in [1.54, 1.807) is 20.8 Å². The van der Waals surface area contributed by atoms with Gasteiger partial charge in [0.15, 0.2) is 15.4 Å². The van der Waals surface area contributed by atoms with E-state index in [0.29, 0.717) is 15.9 Å². The van der Waals surface area contributed by atoms with Crippen molar-refractivity contribution in [2.24, 2.45) is 0 Å². The Labute approximate surface area is 113 Å². The quantitative estimate of drug-likeness (QED) is 0.906. The molecule has 0 amide bonds. The minimum absolute atomic E-state index is 0.0550. The summed E-state index contributed by atoms with van der Waals surface area (Å²) in [5.74, 6) is 0.0599. The number of hydrogen-bond acceptors (Lipinski definition) is 6. The summed E-state index contributed by atoms with van der Waals surface area (Å²) in [5, 5.41) is 3.72. The molecule has 0 saturated heterocycles. The molecule has 0 aliphatic carbocycles. The number of sulfone groups is 1. The highest BCUT2D eigenvalue weighted by Gasteiger charge is 2.32. The Morgan fingerprint density at radius 2 is 2.17 bits per heavy atom. The summed E-state index contributed by atoms with van der Waals surface area (Å²) < 4.78 is 29.8. The first-order chi connectivity index (χ1) is 8.21. The number of nitrogens with one attached hydrogen (secondary N) is 1. The summed E-state index contributed by atoms with van der Waals surface area (Å²) in [6, 6.07) is 0. The van der Waals surface area contributed by atoms with Crippen LogP contribution in [-0.2, 0) is 20.4 Å². The van der Waals surface area contributed by atoms with Gasteiger partial charge in [0.1, 0.15) is 11.4 Å². The largest absolute Gasteiger partial charge is 0.359 e. The molecular formula is C10H13BrN2O4S. The first-order valence-electron chi connectivity index (χ1n) is 5.21. The zero-order chi connectivity index (χ0) is 13.6. The van der Waals surface area contributed by atoms with E-state index < -0.39 is 15.4 Å². The first kappa shape index (κ1) is 13.6. The standard InChI is InChI=1S/C10H13BrN2O4S/c1-6-7(16-13-9(6)11)5-18(14,15)8-4-10(2,3)17-12-8/h4,12H,5H2,1-3H3. The molecule has 0 saturated carbocycles. The molecule has 1 aliphatic rings. The summed E-state index contributed by atoms with van der Waals surface area (Å²) >= 11 is 3.17. The van der Waals surface area contributed by atoms with Gasteiger partial charge >= 0.3 is 0 Å². The third-order valence-corrected chi connectivity index (χ3v) is 4.77. The van der Waals surface area contributed by atoms with E-state index in [0.717, 1.165) is 0 Å². The van der Waals surface area contributed by atoms with Gasteiger partial charge in [0.25, 0.3) is 0 Å². The zero-order valence-corrected chi connectivity index (χ0v) is 12.6. The van der Waals surface area contributed by atoms with E-state index in [1.807, 2.05) is 0 Å². The van der Waals surface area contributed by atoms with Crippen molar-refractivity contribution < 1.29 is 17.8 Å². The van der Waals surface area contributed by atoms with Crippen molar-refractivity contribution in [2.75, 3.05) is 0 Å². The van der Waals surface area contributed by atoms with Crippen LogP contribution in [0.1, 0.15) is 25.2 Å². The van der Waals surface area contributed by atoms with Gasteiger partial charge in [-0.2, -0.15) is 0 Å². The maximum Gasteiger partial charge on any atom is 0.202 e. The fourth-order valence-corrected chi connectivity index (χ4v) is 3.14. The van der Waals surface area contributed by atoms with Crippen LogP contribution < -0.4 is 5.48 Å². The Morgan fingerprint density at radius 1 is 1.50 bits per heavy atom. The monoisotopic (exact) mass is 336 g/mol. The van der Waals surface area contributed by atoms with Crippen LogP contribution in [0.25, 0.3) is 0 Å². The van der Waals surface area contributed by atoms with Crippen molar-refractivity contribution in [1.29, 1.82) is 0 Å². The summed E-state index contributed by atoms with van der Waals surface area (Å²) in [4.78, 5) is 5.14. The van der Waals surface area contributed by atoms with Gasteiger partial charge in [-0.25, -0.2) is 8.42 Å². The Morgan fingerprint density at radius 3 is 2.61 bits per heavy atom. The van der Waals surface area contributed by atoms with E-state index in [-0.39, 0.29) is 10.8 Å². The lowest BCUT2D eigenvalue weighted by Crippen LogP contribution is -2.22. The molecule has 0 bridgehead atoms. The van der Waals surface area contributed by atoms with Gasteiger partial charge in [-0.05, 0) is 42.8 Å².